The van der Waals surface area contributed by atoms with Crippen molar-refractivity contribution in [3.05, 3.63) is 29.9 Å². The summed E-state index contributed by atoms with van der Waals surface area (Å²) in [5, 5.41) is 0. The topological polar surface area (TPSA) is 55.6 Å². The predicted molar refractivity (Wildman–Crippen MR) is 83.7 cm³/mol. The third kappa shape index (κ3) is 3.63. The Morgan fingerprint density at radius 3 is 2.70 bits per heavy atom. The van der Waals surface area contributed by atoms with E-state index < -0.39 is 5.60 Å². The van der Waals surface area contributed by atoms with Crippen LogP contribution in [0.4, 0.5) is 9.18 Å². The number of ether oxygens (including phenoxy) is 1. The number of rotatable bonds is 1. The Morgan fingerprint density at radius 2 is 2.04 bits per heavy atom. The molecule has 3 rings (SSSR count). The molecule has 1 fully saturated rings. The minimum Gasteiger partial charge on any atom is -0.444 e. The van der Waals surface area contributed by atoms with E-state index in [1.54, 1.807) is 11.0 Å². The highest BCUT2D eigenvalue weighted by molar-refractivity contribution is 5.72. The Hall–Kier alpha value is -2.11. The molecule has 0 saturated carbocycles. The van der Waals surface area contributed by atoms with Gasteiger partial charge >= 0.3 is 6.09 Å². The molecule has 1 aliphatic rings. The lowest BCUT2D eigenvalue weighted by Gasteiger charge is -2.32. The number of aromatic nitrogens is 1. The van der Waals surface area contributed by atoms with Gasteiger partial charge in [-0.2, -0.15) is 0 Å². The molecule has 1 saturated heterocycles. The molecule has 124 valence electrons. The van der Waals surface area contributed by atoms with Gasteiger partial charge in [0, 0.05) is 25.1 Å². The first-order valence-corrected chi connectivity index (χ1v) is 7.86. The van der Waals surface area contributed by atoms with Gasteiger partial charge in [0.15, 0.2) is 11.5 Å². The average Bonchev–Trinajstić information content (AvgIpc) is 2.88. The third-order valence-electron chi connectivity index (χ3n) is 3.86. The van der Waals surface area contributed by atoms with Gasteiger partial charge in [-0.25, -0.2) is 14.2 Å². The lowest BCUT2D eigenvalue weighted by atomic mass is 9.97. The highest BCUT2D eigenvalue weighted by atomic mass is 19.1. The summed E-state index contributed by atoms with van der Waals surface area (Å²) in [5.41, 5.74) is 0.642. The van der Waals surface area contributed by atoms with Gasteiger partial charge in [0.25, 0.3) is 0 Å². The van der Waals surface area contributed by atoms with Crippen LogP contribution >= 0.6 is 0 Å². The fraction of sp³-hybridized carbons (Fsp3) is 0.529. The molecule has 0 atom stereocenters. The molecule has 0 aliphatic carbocycles. The normalized spacial score (nSPS) is 16.8. The van der Waals surface area contributed by atoms with E-state index in [2.05, 4.69) is 4.98 Å². The molecule has 6 heteroatoms. The maximum absolute atomic E-state index is 13.2. The Kier molecular flexibility index (Phi) is 4.00. The van der Waals surface area contributed by atoms with Crippen LogP contribution in [0.1, 0.15) is 45.4 Å². The number of hydrogen-bond acceptors (Lipinski definition) is 4. The summed E-state index contributed by atoms with van der Waals surface area (Å²) in [7, 11) is 0. The van der Waals surface area contributed by atoms with Gasteiger partial charge in [0.05, 0.1) is 0 Å². The molecule has 0 radical (unpaired) electrons. The Morgan fingerprint density at radius 1 is 1.35 bits per heavy atom. The monoisotopic (exact) mass is 320 g/mol. The Labute approximate surface area is 134 Å². The van der Waals surface area contributed by atoms with Gasteiger partial charge in [-0.1, -0.05) is 0 Å². The second-order valence-corrected chi connectivity index (χ2v) is 6.91. The zero-order valence-electron chi connectivity index (χ0n) is 13.6. The van der Waals surface area contributed by atoms with E-state index in [9.17, 15) is 9.18 Å². The number of benzene rings is 1. The maximum atomic E-state index is 13.2. The first-order chi connectivity index (χ1) is 10.8. The number of fused-ring (bicyclic) bond motifs is 1. The summed E-state index contributed by atoms with van der Waals surface area (Å²) in [6, 6.07) is 4.34. The number of carbonyl (C=O) groups excluding carboxylic acids is 1. The van der Waals surface area contributed by atoms with Crippen molar-refractivity contribution in [1.82, 2.24) is 9.88 Å². The van der Waals surface area contributed by atoms with Gasteiger partial charge in [-0.15, -0.1) is 0 Å². The first-order valence-electron chi connectivity index (χ1n) is 7.86. The fourth-order valence-electron chi connectivity index (χ4n) is 2.73. The molecule has 1 aliphatic heterocycles. The quantitative estimate of drug-likeness (QED) is 0.794. The molecule has 0 spiro atoms. The van der Waals surface area contributed by atoms with Crippen LogP contribution in [0.25, 0.3) is 11.1 Å². The van der Waals surface area contributed by atoms with Gasteiger partial charge < -0.3 is 14.1 Å². The summed E-state index contributed by atoms with van der Waals surface area (Å²) >= 11 is 0. The number of oxazole rings is 1. The molecule has 5 nitrogen and oxygen atoms in total. The van der Waals surface area contributed by atoms with Crippen LogP contribution in [0.3, 0.4) is 0 Å². The Balaban J connectivity index is 1.65. The van der Waals surface area contributed by atoms with Crippen LogP contribution < -0.4 is 0 Å². The first kappa shape index (κ1) is 15.8. The summed E-state index contributed by atoms with van der Waals surface area (Å²) in [6.45, 7) is 6.78. The molecule has 1 aromatic heterocycles. The zero-order valence-corrected chi connectivity index (χ0v) is 13.6. The molecular formula is C17H21FN2O3. The number of likely N-dealkylation sites (tertiary alicyclic amines) is 1. The summed E-state index contributed by atoms with van der Waals surface area (Å²) in [5.74, 6) is 0.429. The maximum Gasteiger partial charge on any atom is 0.410 e. The summed E-state index contributed by atoms with van der Waals surface area (Å²) < 4.78 is 24.3. The van der Waals surface area contributed by atoms with Crippen LogP contribution in [-0.2, 0) is 4.74 Å². The van der Waals surface area contributed by atoms with E-state index in [4.69, 9.17) is 9.15 Å². The van der Waals surface area contributed by atoms with Crippen molar-refractivity contribution in [3.63, 3.8) is 0 Å². The van der Waals surface area contributed by atoms with E-state index in [0.717, 1.165) is 12.8 Å². The lowest BCUT2D eigenvalue weighted by molar-refractivity contribution is 0.0199. The molecular weight excluding hydrogens is 299 g/mol. The number of amides is 1. The molecule has 0 unspecified atom stereocenters. The van der Waals surface area contributed by atoms with Gasteiger partial charge in [-0.3, -0.25) is 0 Å². The number of halogens is 1. The van der Waals surface area contributed by atoms with Crippen molar-refractivity contribution in [2.24, 2.45) is 0 Å². The summed E-state index contributed by atoms with van der Waals surface area (Å²) in [4.78, 5) is 18.2. The van der Waals surface area contributed by atoms with E-state index in [-0.39, 0.29) is 17.8 Å². The van der Waals surface area contributed by atoms with Crippen LogP contribution in [0, 0.1) is 5.82 Å². The number of carbonyl (C=O) groups is 1. The molecule has 2 aromatic rings. The van der Waals surface area contributed by atoms with Gasteiger partial charge in [-0.05, 0) is 45.7 Å². The largest absolute Gasteiger partial charge is 0.444 e. The Bertz CT molecular complexity index is 712. The molecule has 23 heavy (non-hydrogen) atoms. The number of nitrogens with zero attached hydrogens (tertiary/aromatic N) is 2. The standard InChI is InChI=1S/C17H21FN2O3/c1-17(2,3)23-16(21)20-8-6-11(7-9-20)15-19-13-5-4-12(18)10-14(13)22-15/h4-5,10-11H,6-9H2,1-3H3. The van der Waals surface area contributed by atoms with Crippen molar-refractivity contribution >= 4 is 17.2 Å². The van der Waals surface area contributed by atoms with Crippen molar-refractivity contribution in [3.8, 4) is 0 Å². The van der Waals surface area contributed by atoms with Crippen molar-refractivity contribution < 1.29 is 18.3 Å². The van der Waals surface area contributed by atoms with Crippen LogP contribution in [0.5, 0.6) is 0 Å². The van der Waals surface area contributed by atoms with E-state index in [1.165, 1.54) is 12.1 Å². The fourth-order valence-corrected chi connectivity index (χ4v) is 2.73. The molecule has 0 bridgehead atoms. The second kappa shape index (κ2) is 5.83. The van der Waals surface area contributed by atoms with E-state index >= 15 is 0 Å². The predicted octanol–water partition coefficient (Wildman–Crippen LogP) is 4.08. The van der Waals surface area contributed by atoms with Crippen LogP contribution in [-0.4, -0.2) is 34.7 Å². The smallest absolute Gasteiger partial charge is 0.410 e. The SMILES string of the molecule is CC(C)(C)OC(=O)N1CCC(c2nc3ccc(F)cc3o2)CC1. The van der Waals surface area contributed by atoms with Gasteiger partial charge in [0.2, 0.25) is 0 Å². The minimum atomic E-state index is -0.488. The molecule has 2 heterocycles. The molecule has 1 aromatic carbocycles. The average molecular weight is 320 g/mol. The lowest BCUT2D eigenvalue weighted by Crippen LogP contribution is -2.41. The van der Waals surface area contributed by atoms with Crippen LogP contribution in [0.15, 0.2) is 22.6 Å². The zero-order chi connectivity index (χ0) is 16.6. The molecule has 1 amide bonds. The second-order valence-electron chi connectivity index (χ2n) is 6.91. The highest BCUT2D eigenvalue weighted by Gasteiger charge is 2.29. The number of hydrogen-bond donors (Lipinski definition) is 0. The number of piperidine rings is 1. The van der Waals surface area contributed by atoms with Crippen molar-refractivity contribution in [2.45, 2.75) is 45.1 Å². The van der Waals surface area contributed by atoms with Crippen molar-refractivity contribution in [1.29, 1.82) is 0 Å². The highest BCUT2D eigenvalue weighted by Crippen LogP contribution is 2.30. The van der Waals surface area contributed by atoms with Gasteiger partial charge in [0.1, 0.15) is 16.9 Å². The van der Waals surface area contributed by atoms with Crippen molar-refractivity contribution in [2.75, 3.05) is 13.1 Å². The summed E-state index contributed by atoms with van der Waals surface area (Å²) in [6.07, 6.45) is 1.24. The third-order valence-corrected chi connectivity index (χ3v) is 3.86. The van der Waals surface area contributed by atoms with E-state index in [0.29, 0.717) is 30.1 Å². The van der Waals surface area contributed by atoms with Crippen LogP contribution in [0.2, 0.25) is 0 Å². The minimum absolute atomic E-state index is 0.143. The molecule has 0 N–H and O–H groups in total. The van der Waals surface area contributed by atoms with E-state index in [1.807, 2.05) is 20.8 Å².